The molecule has 0 radical (unpaired) electrons. The van der Waals surface area contributed by atoms with Crippen LogP contribution in [-0.4, -0.2) is 24.3 Å². The summed E-state index contributed by atoms with van der Waals surface area (Å²) in [5.74, 6) is 0. The standard InChI is InChI=1S/C16H23NO/c18-12-16(8-9-16)15-7-2-1-5-13(15)11-14-6-3-4-10-17-14/h1-2,5,7,14,17-18H,3-4,6,8-12H2. The maximum atomic E-state index is 9.62. The molecule has 98 valence electrons. The highest BCUT2D eigenvalue weighted by molar-refractivity contribution is 5.39. The minimum absolute atomic E-state index is 0.102. The van der Waals surface area contributed by atoms with Crippen molar-refractivity contribution >= 4 is 0 Å². The summed E-state index contributed by atoms with van der Waals surface area (Å²) in [6, 6.07) is 9.36. The van der Waals surface area contributed by atoms with Crippen molar-refractivity contribution in [3.05, 3.63) is 35.4 Å². The third-order valence-corrected chi connectivity index (χ3v) is 4.62. The summed E-state index contributed by atoms with van der Waals surface area (Å²) in [7, 11) is 0. The monoisotopic (exact) mass is 245 g/mol. The minimum atomic E-state index is 0.102. The number of piperidine rings is 1. The van der Waals surface area contributed by atoms with Crippen molar-refractivity contribution in [3.63, 3.8) is 0 Å². The zero-order chi connectivity index (χ0) is 12.4. The fraction of sp³-hybridized carbons (Fsp3) is 0.625. The Balaban J connectivity index is 1.79. The van der Waals surface area contributed by atoms with Gasteiger partial charge in [0.15, 0.2) is 0 Å². The second-order valence-electron chi connectivity index (χ2n) is 5.95. The van der Waals surface area contributed by atoms with Crippen molar-refractivity contribution in [1.82, 2.24) is 5.32 Å². The molecule has 18 heavy (non-hydrogen) atoms. The van der Waals surface area contributed by atoms with Gasteiger partial charge in [0.25, 0.3) is 0 Å². The first-order valence-electron chi connectivity index (χ1n) is 7.27. The van der Waals surface area contributed by atoms with E-state index in [-0.39, 0.29) is 5.41 Å². The van der Waals surface area contributed by atoms with E-state index in [0.29, 0.717) is 12.6 Å². The molecular formula is C16H23NO. The maximum absolute atomic E-state index is 9.62. The molecule has 1 saturated heterocycles. The van der Waals surface area contributed by atoms with Crippen LogP contribution in [0.3, 0.4) is 0 Å². The third kappa shape index (κ3) is 2.32. The van der Waals surface area contributed by atoms with Crippen molar-refractivity contribution in [2.75, 3.05) is 13.2 Å². The molecule has 0 aromatic heterocycles. The van der Waals surface area contributed by atoms with Crippen molar-refractivity contribution in [3.8, 4) is 0 Å². The molecule has 1 aromatic carbocycles. The molecule has 1 atom stereocenters. The van der Waals surface area contributed by atoms with Gasteiger partial charge in [0.2, 0.25) is 0 Å². The Morgan fingerprint density at radius 3 is 2.72 bits per heavy atom. The van der Waals surface area contributed by atoms with Crippen molar-refractivity contribution in [2.45, 2.75) is 50.0 Å². The molecule has 1 aromatic rings. The summed E-state index contributed by atoms with van der Waals surface area (Å²) in [6.45, 7) is 1.47. The van der Waals surface area contributed by atoms with E-state index >= 15 is 0 Å². The predicted octanol–water partition coefficient (Wildman–Crippen LogP) is 2.40. The van der Waals surface area contributed by atoms with E-state index in [2.05, 4.69) is 29.6 Å². The van der Waals surface area contributed by atoms with Crippen LogP contribution in [0.5, 0.6) is 0 Å². The van der Waals surface area contributed by atoms with Crippen molar-refractivity contribution < 1.29 is 5.11 Å². The molecule has 1 heterocycles. The van der Waals surface area contributed by atoms with Gasteiger partial charge in [-0.1, -0.05) is 30.7 Å². The molecule has 1 saturated carbocycles. The summed E-state index contributed by atoms with van der Waals surface area (Å²) in [4.78, 5) is 0. The molecule has 0 bridgehead atoms. The molecule has 1 aliphatic heterocycles. The fourth-order valence-corrected chi connectivity index (χ4v) is 3.24. The van der Waals surface area contributed by atoms with Gasteiger partial charge in [0.05, 0.1) is 6.61 Å². The van der Waals surface area contributed by atoms with Gasteiger partial charge in [-0.25, -0.2) is 0 Å². The van der Waals surface area contributed by atoms with Gasteiger partial charge < -0.3 is 10.4 Å². The van der Waals surface area contributed by atoms with Crippen LogP contribution in [0.25, 0.3) is 0 Å². The smallest absolute Gasteiger partial charge is 0.0528 e. The summed E-state index contributed by atoms with van der Waals surface area (Å²) in [5, 5.41) is 13.2. The highest BCUT2D eigenvalue weighted by Crippen LogP contribution is 2.49. The number of nitrogens with one attached hydrogen (secondary N) is 1. The molecule has 0 amide bonds. The largest absolute Gasteiger partial charge is 0.395 e. The average Bonchev–Trinajstić information content (AvgIpc) is 3.22. The average molecular weight is 245 g/mol. The predicted molar refractivity (Wildman–Crippen MR) is 73.8 cm³/mol. The first-order valence-corrected chi connectivity index (χ1v) is 7.27. The van der Waals surface area contributed by atoms with Crippen molar-refractivity contribution in [1.29, 1.82) is 0 Å². The Hall–Kier alpha value is -0.860. The molecule has 2 N–H and O–H groups in total. The van der Waals surface area contributed by atoms with Gasteiger partial charge in [-0.05, 0) is 49.8 Å². The molecular weight excluding hydrogens is 222 g/mol. The highest BCUT2D eigenvalue weighted by Gasteiger charge is 2.44. The van der Waals surface area contributed by atoms with E-state index in [1.54, 1.807) is 0 Å². The van der Waals surface area contributed by atoms with Crippen LogP contribution in [0.1, 0.15) is 43.2 Å². The number of rotatable bonds is 4. The second kappa shape index (κ2) is 5.02. The van der Waals surface area contributed by atoms with Crippen LogP contribution < -0.4 is 5.32 Å². The molecule has 1 aliphatic carbocycles. The first kappa shape index (κ1) is 12.2. The Kier molecular flexibility index (Phi) is 3.40. The first-order chi connectivity index (χ1) is 8.84. The van der Waals surface area contributed by atoms with E-state index in [1.165, 1.54) is 30.4 Å². The highest BCUT2D eigenvalue weighted by atomic mass is 16.3. The topological polar surface area (TPSA) is 32.3 Å². The summed E-state index contributed by atoms with van der Waals surface area (Å²) < 4.78 is 0. The lowest BCUT2D eigenvalue weighted by atomic mass is 9.87. The van der Waals surface area contributed by atoms with Crippen LogP contribution in [0.2, 0.25) is 0 Å². The Bertz CT molecular complexity index is 405. The van der Waals surface area contributed by atoms with Crippen LogP contribution in [-0.2, 0) is 11.8 Å². The minimum Gasteiger partial charge on any atom is -0.395 e. The number of aliphatic hydroxyl groups excluding tert-OH is 1. The molecule has 1 unspecified atom stereocenters. The van der Waals surface area contributed by atoms with Gasteiger partial charge in [-0.15, -0.1) is 0 Å². The van der Waals surface area contributed by atoms with E-state index < -0.39 is 0 Å². The quantitative estimate of drug-likeness (QED) is 0.853. The van der Waals surface area contributed by atoms with Crippen LogP contribution in [0.15, 0.2) is 24.3 Å². The number of aliphatic hydroxyl groups is 1. The van der Waals surface area contributed by atoms with Crippen LogP contribution in [0, 0.1) is 0 Å². The Labute approximate surface area is 109 Å². The lowest BCUT2D eigenvalue weighted by Gasteiger charge is -2.26. The zero-order valence-corrected chi connectivity index (χ0v) is 11.0. The maximum Gasteiger partial charge on any atom is 0.0528 e. The molecule has 2 heteroatoms. The molecule has 2 aliphatic rings. The van der Waals surface area contributed by atoms with E-state index in [9.17, 15) is 5.11 Å². The SMILES string of the molecule is OCC1(c2ccccc2CC2CCCCN2)CC1. The lowest BCUT2D eigenvalue weighted by Crippen LogP contribution is -2.36. The number of hydrogen-bond acceptors (Lipinski definition) is 2. The Morgan fingerprint density at radius 1 is 1.22 bits per heavy atom. The normalized spacial score (nSPS) is 25.9. The van der Waals surface area contributed by atoms with Crippen LogP contribution in [0.4, 0.5) is 0 Å². The fourth-order valence-electron chi connectivity index (χ4n) is 3.24. The summed E-state index contributed by atoms with van der Waals surface area (Å²) in [6.07, 6.45) is 7.39. The summed E-state index contributed by atoms with van der Waals surface area (Å²) in [5.41, 5.74) is 2.95. The number of hydrogen-bond donors (Lipinski definition) is 2. The molecule has 0 spiro atoms. The van der Waals surface area contributed by atoms with Gasteiger partial charge in [0, 0.05) is 11.5 Å². The number of benzene rings is 1. The van der Waals surface area contributed by atoms with Gasteiger partial charge in [0.1, 0.15) is 0 Å². The zero-order valence-electron chi connectivity index (χ0n) is 11.0. The molecule has 2 nitrogen and oxygen atoms in total. The van der Waals surface area contributed by atoms with Crippen LogP contribution >= 0.6 is 0 Å². The van der Waals surface area contributed by atoms with Gasteiger partial charge in [-0.3, -0.25) is 0 Å². The Morgan fingerprint density at radius 2 is 2.06 bits per heavy atom. The van der Waals surface area contributed by atoms with E-state index in [4.69, 9.17) is 0 Å². The van der Waals surface area contributed by atoms with Gasteiger partial charge >= 0.3 is 0 Å². The second-order valence-corrected chi connectivity index (χ2v) is 5.95. The molecule has 3 rings (SSSR count). The van der Waals surface area contributed by atoms with E-state index in [1.807, 2.05) is 0 Å². The van der Waals surface area contributed by atoms with E-state index in [0.717, 1.165) is 25.8 Å². The van der Waals surface area contributed by atoms with Crippen molar-refractivity contribution in [2.24, 2.45) is 0 Å². The summed E-state index contributed by atoms with van der Waals surface area (Å²) >= 11 is 0. The third-order valence-electron chi connectivity index (χ3n) is 4.62. The van der Waals surface area contributed by atoms with Gasteiger partial charge in [-0.2, -0.15) is 0 Å². The lowest BCUT2D eigenvalue weighted by molar-refractivity contribution is 0.254. The molecule has 2 fully saturated rings.